The van der Waals surface area contributed by atoms with Crippen LogP contribution in [0.1, 0.15) is 22.6 Å². The first-order chi connectivity index (χ1) is 13.7. The molecule has 140 valence electrons. The van der Waals surface area contributed by atoms with Gasteiger partial charge in [-0.3, -0.25) is 9.59 Å². The molecule has 0 saturated carbocycles. The minimum absolute atomic E-state index is 0.0351. The molecule has 1 aliphatic rings. The summed E-state index contributed by atoms with van der Waals surface area (Å²) in [5.74, 6) is 6.36. The van der Waals surface area contributed by atoms with Gasteiger partial charge in [0.2, 0.25) is 11.8 Å². The van der Waals surface area contributed by atoms with Gasteiger partial charge in [-0.05, 0) is 41.8 Å². The number of likely N-dealkylation sites (tertiary alicyclic amines) is 1. The fourth-order valence-electron chi connectivity index (χ4n) is 3.09. The van der Waals surface area contributed by atoms with Crippen LogP contribution in [0.2, 0.25) is 0 Å². The van der Waals surface area contributed by atoms with Crippen LogP contribution in [0.25, 0.3) is 0 Å². The van der Waals surface area contributed by atoms with E-state index in [2.05, 4.69) is 17.2 Å². The first-order valence-corrected chi connectivity index (χ1v) is 9.82. The highest BCUT2D eigenvalue weighted by molar-refractivity contribution is 7.10. The Morgan fingerprint density at radius 2 is 2.14 bits per heavy atom. The summed E-state index contributed by atoms with van der Waals surface area (Å²) in [5.41, 5.74) is 1.51. The molecule has 0 spiro atoms. The summed E-state index contributed by atoms with van der Waals surface area (Å²) in [4.78, 5) is 27.5. The average molecular weight is 390 g/mol. The van der Waals surface area contributed by atoms with Crippen LogP contribution in [-0.2, 0) is 16.1 Å². The van der Waals surface area contributed by atoms with Crippen LogP contribution in [0, 0.1) is 17.8 Å². The summed E-state index contributed by atoms with van der Waals surface area (Å²) in [6.07, 6.45) is 1.79. The second-order valence-electron chi connectivity index (χ2n) is 6.55. The van der Waals surface area contributed by atoms with E-state index in [1.54, 1.807) is 28.6 Å². The maximum atomic E-state index is 12.6. The summed E-state index contributed by atoms with van der Waals surface area (Å²) in [6, 6.07) is 15.0. The number of rotatable bonds is 4. The van der Waals surface area contributed by atoms with Crippen molar-refractivity contribution in [1.82, 2.24) is 4.90 Å². The fourth-order valence-corrected chi connectivity index (χ4v) is 3.66. The highest BCUT2D eigenvalue weighted by atomic mass is 32.1. The van der Waals surface area contributed by atoms with E-state index in [-0.39, 0.29) is 24.2 Å². The largest absolute Gasteiger partial charge is 0.467 e. The second kappa shape index (κ2) is 8.15. The van der Waals surface area contributed by atoms with Crippen LogP contribution in [-0.4, -0.2) is 23.3 Å². The number of carbonyl (C=O) groups excluding carboxylic acids is 2. The maximum absolute atomic E-state index is 12.6. The van der Waals surface area contributed by atoms with Gasteiger partial charge >= 0.3 is 0 Å². The van der Waals surface area contributed by atoms with Crippen molar-refractivity contribution >= 4 is 28.8 Å². The Kier molecular flexibility index (Phi) is 5.27. The van der Waals surface area contributed by atoms with E-state index in [1.165, 1.54) is 0 Å². The third-order valence-corrected chi connectivity index (χ3v) is 5.28. The zero-order chi connectivity index (χ0) is 19.3. The Bertz CT molecular complexity index is 1030. The first-order valence-electron chi connectivity index (χ1n) is 8.94. The zero-order valence-electron chi connectivity index (χ0n) is 15.1. The summed E-state index contributed by atoms with van der Waals surface area (Å²) in [7, 11) is 0. The van der Waals surface area contributed by atoms with Crippen LogP contribution in [0.4, 0.5) is 5.69 Å². The highest BCUT2D eigenvalue weighted by Crippen LogP contribution is 2.22. The molecule has 2 amide bonds. The number of nitrogens with zero attached hydrogens (tertiary/aromatic N) is 1. The maximum Gasteiger partial charge on any atom is 0.229 e. The molecule has 1 fully saturated rings. The van der Waals surface area contributed by atoms with Crippen molar-refractivity contribution in [1.29, 1.82) is 0 Å². The van der Waals surface area contributed by atoms with Gasteiger partial charge < -0.3 is 14.6 Å². The smallest absolute Gasteiger partial charge is 0.229 e. The number of thiophene rings is 1. The molecular formula is C22H18N2O3S. The molecule has 0 bridgehead atoms. The van der Waals surface area contributed by atoms with Crippen LogP contribution in [0.5, 0.6) is 0 Å². The van der Waals surface area contributed by atoms with E-state index in [4.69, 9.17) is 4.42 Å². The third kappa shape index (κ3) is 4.33. The Labute approximate surface area is 167 Å². The van der Waals surface area contributed by atoms with Crippen molar-refractivity contribution in [3.8, 4) is 11.8 Å². The lowest BCUT2D eigenvalue weighted by atomic mass is 10.1. The number of furan rings is 1. The summed E-state index contributed by atoms with van der Waals surface area (Å²) < 4.78 is 5.29. The summed E-state index contributed by atoms with van der Waals surface area (Å²) in [5, 5.41) is 4.90. The Morgan fingerprint density at radius 1 is 1.21 bits per heavy atom. The molecule has 28 heavy (non-hydrogen) atoms. The summed E-state index contributed by atoms with van der Waals surface area (Å²) in [6.45, 7) is 0.784. The number of anilines is 1. The molecule has 5 nitrogen and oxygen atoms in total. The normalized spacial score (nSPS) is 15.9. The van der Waals surface area contributed by atoms with Gasteiger partial charge in [0.05, 0.1) is 23.6 Å². The van der Waals surface area contributed by atoms with Crippen molar-refractivity contribution < 1.29 is 14.0 Å². The minimum atomic E-state index is -0.372. The van der Waals surface area contributed by atoms with Crippen molar-refractivity contribution in [3.63, 3.8) is 0 Å². The van der Waals surface area contributed by atoms with E-state index < -0.39 is 0 Å². The van der Waals surface area contributed by atoms with Gasteiger partial charge in [0.15, 0.2) is 0 Å². The molecule has 2 aromatic heterocycles. The molecular weight excluding hydrogens is 372 g/mol. The summed E-state index contributed by atoms with van der Waals surface area (Å²) >= 11 is 1.59. The quantitative estimate of drug-likeness (QED) is 0.691. The fraction of sp³-hybridized carbons (Fsp3) is 0.182. The molecule has 6 heteroatoms. The van der Waals surface area contributed by atoms with Crippen molar-refractivity contribution in [3.05, 3.63) is 76.4 Å². The Hall–Kier alpha value is -3.30. The van der Waals surface area contributed by atoms with Crippen molar-refractivity contribution in [2.24, 2.45) is 5.92 Å². The first kappa shape index (κ1) is 18.1. The molecule has 4 rings (SSSR count). The topological polar surface area (TPSA) is 62.6 Å². The third-order valence-electron chi connectivity index (χ3n) is 4.49. The minimum Gasteiger partial charge on any atom is -0.467 e. The van der Waals surface area contributed by atoms with E-state index in [0.29, 0.717) is 24.5 Å². The Morgan fingerprint density at radius 3 is 2.93 bits per heavy atom. The highest BCUT2D eigenvalue weighted by Gasteiger charge is 2.34. The molecule has 0 radical (unpaired) electrons. The average Bonchev–Trinajstić information content (AvgIpc) is 3.44. The van der Waals surface area contributed by atoms with E-state index in [9.17, 15) is 9.59 Å². The van der Waals surface area contributed by atoms with Gasteiger partial charge in [0, 0.05) is 24.2 Å². The molecule has 1 unspecified atom stereocenters. The van der Waals surface area contributed by atoms with Gasteiger partial charge in [-0.15, -0.1) is 11.3 Å². The van der Waals surface area contributed by atoms with Gasteiger partial charge in [-0.2, -0.15) is 0 Å². The monoisotopic (exact) mass is 390 g/mol. The van der Waals surface area contributed by atoms with Gasteiger partial charge in [0.25, 0.3) is 0 Å². The molecule has 1 aromatic carbocycles. The number of amides is 2. The second-order valence-corrected chi connectivity index (χ2v) is 7.50. The standard InChI is InChI=1S/C22H18N2O3S/c25-21-13-17(14-24(21)15-19-6-2-10-27-19)22(26)23-18-5-1-4-16(12-18)8-9-20-7-3-11-28-20/h1-7,10-12,17H,13-15H2,(H,23,26). The van der Waals surface area contributed by atoms with E-state index in [0.717, 1.165) is 10.4 Å². The van der Waals surface area contributed by atoms with Gasteiger partial charge in [-0.25, -0.2) is 0 Å². The number of benzene rings is 1. The Balaban J connectivity index is 1.38. The molecule has 3 heterocycles. The molecule has 3 aromatic rings. The van der Waals surface area contributed by atoms with Crippen LogP contribution >= 0.6 is 11.3 Å². The molecule has 1 aliphatic heterocycles. The SMILES string of the molecule is O=C(Nc1cccc(C#Cc2cccs2)c1)C1CC(=O)N(Cc2ccco2)C1. The van der Waals surface area contributed by atoms with Gasteiger partial charge in [-0.1, -0.05) is 24.0 Å². The number of hydrogen-bond acceptors (Lipinski definition) is 4. The number of hydrogen-bond donors (Lipinski definition) is 1. The molecule has 1 saturated heterocycles. The number of carbonyl (C=O) groups is 2. The molecule has 1 atom stereocenters. The van der Waals surface area contributed by atoms with Crippen molar-refractivity contribution in [2.75, 3.05) is 11.9 Å². The van der Waals surface area contributed by atoms with Crippen molar-refractivity contribution in [2.45, 2.75) is 13.0 Å². The van der Waals surface area contributed by atoms with Gasteiger partial charge in [0.1, 0.15) is 5.76 Å². The lowest BCUT2D eigenvalue weighted by Gasteiger charge is -2.15. The van der Waals surface area contributed by atoms with E-state index in [1.807, 2.05) is 47.8 Å². The van der Waals surface area contributed by atoms with Crippen LogP contribution in [0.15, 0.2) is 64.6 Å². The lowest BCUT2D eigenvalue weighted by molar-refractivity contribution is -0.128. The lowest BCUT2D eigenvalue weighted by Crippen LogP contribution is -2.27. The zero-order valence-corrected chi connectivity index (χ0v) is 15.9. The predicted molar refractivity (Wildman–Crippen MR) is 108 cm³/mol. The number of nitrogens with one attached hydrogen (secondary N) is 1. The molecule has 1 N–H and O–H groups in total. The molecule has 0 aliphatic carbocycles. The van der Waals surface area contributed by atoms with E-state index >= 15 is 0 Å². The predicted octanol–water partition coefficient (Wildman–Crippen LogP) is 3.73. The van der Waals surface area contributed by atoms with Crippen LogP contribution in [0.3, 0.4) is 0 Å². The van der Waals surface area contributed by atoms with Crippen LogP contribution < -0.4 is 5.32 Å².